The van der Waals surface area contributed by atoms with E-state index in [1.165, 1.54) is 57.8 Å². The molecule has 0 aliphatic heterocycles. The first-order chi connectivity index (χ1) is 13.4. The normalized spacial score (nSPS) is 13.8. The van der Waals surface area contributed by atoms with E-state index in [0.717, 1.165) is 51.4 Å². The molecule has 2 atom stereocenters. The SMILES string of the molecule is CCCCCCCCCCC(O)CCCCCCCCCC(CC)S(=O)(=O)[O-].[Na+]. The van der Waals surface area contributed by atoms with Gasteiger partial charge in [-0.2, -0.15) is 0 Å². The Morgan fingerprint density at radius 2 is 1.00 bits per heavy atom. The topological polar surface area (TPSA) is 77.4 Å². The molecule has 0 aromatic carbocycles. The van der Waals surface area contributed by atoms with Gasteiger partial charge in [0.15, 0.2) is 0 Å². The summed E-state index contributed by atoms with van der Waals surface area (Å²) in [4.78, 5) is 0. The summed E-state index contributed by atoms with van der Waals surface area (Å²) in [5.74, 6) is 0. The Morgan fingerprint density at radius 1 is 0.655 bits per heavy atom. The Kier molecular flexibility index (Phi) is 24.4. The van der Waals surface area contributed by atoms with Gasteiger partial charge in [-0.1, -0.05) is 110 Å². The molecule has 0 aliphatic rings. The minimum absolute atomic E-state index is 0. The first-order valence-electron chi connectivity index (χ1n) is 12.0. The third-order valence-corrected chi connectivity index (χ3v) is 7.20. The minimum Gasteiger partial charge on any atom is -0.748 e. The molecular weight excluding hydrogens is 395 g/mol. The zero-order chi connectivity index (χ0) is 21.1. The molecule has 4 nitrogen and oxygen atoms in total. The number of unbranched alkanes of at least 4 members (excludes halogenated alkanes) is 13. The van der Waals surface area contributed by atoms with Crippen LogP contribution in [-0.4, -0.2) is 29.4 Å². The maximum Gasteiger partial charge on any atom is 1.00 e. The van der Waals surface area contributed by atoms with E-state index < -0.39 is 15.4 Å². The predicted molar refractivity (Wildman–Crippen MR) is 119 cm³/mol. The van der Waals surface area contributed by atoms with E-state index in [9.17, 15) is 18.1 Å². The second-order valence-corrected chi connectivity index (χ2v) is 10.1. The summed E-state index contributed by atoms with van der Waals surface area (Å²) in [7, 11) is -4.12. The molecule has 0 radical (unpaired) electrons. The molecular formula is C23H47NaO4S. The van der Waals surface area contributed by atoms with E-state index in [1.807, 2.05) is 0 Å². The average Bonchev–Trinajstić information content (AvgIpc) is 2.64. The van der Waals surface area contributed by atoms with Crippen LogP contribution in [0.5, 0.6) is 0 Å². The van der Waals surface area contributed by atoms with Crippen LogP contribution in [0.4, 0.5) is 0 Å². The van der Waals surface area contributed by atoms with Gasteiger partial charge in [0.2, 0.25) is 0 Å². The maximum atomic E-state index is 11.0. The Bertz CT molecular complexity index is 429. The summed E-state index contributed by atoms with van der Waals surface area (Å²) in [5, 5.41) is 9.36. The van der Waals surface area contributed by atoms with Crippen LogP contribution in [0.2, 0.25) is 0 Å². The van der Waals surface area contributed by atoms with E-state index in [1.54, 1.807) is 6.92 Å². The van der Waals surface area contributed by atoms with E-state index in [-0.39, 0.29) is 35.7 Å². The van der Waals surface area contributed by atoms with Crippen LogP contribution in [0.15, 0.2) is 0 Å². The van der Waals surface area contributed by atoms with Crippen molar-refractivity contribution in [2.75, 3.05) is 0 Å². The molecule has 0 bridgehead atoms. The summed E-state index contributed by atoms with van der Waals surface area (Å²) in [6, 6.07) is 0. The smallest absolute Gasteiger partial charge is 0.748 e. The van der Waals surface area contributed by atoms with Crippen LogP contribution in [0.1, 0.15) is 136 Å². The van der Waals surface area contributed by atoms with E-state index >= 15 is 0 Å². The fraction of sp³-hybridized carbons (Fsp3) is 1.00. The molecule has 2 unspecified atom stereocenters. The van der Waals surface area contributed by atoms with E-state index in [0.29, 0.717) is 12.8 Å². The first-order valence-corrected chi connectivity index (χ1v) is 13.5. The van der Waals surface area contributed by atoms with Crippen molar-refractivity contribution in [1.82, 2.24) is 0 Å². The van der Waals surface area contributed by atoms with Crippen molar-refractivity contribution < 1.29 is 47.6 Å². The molecule has 0 fully saturated rings. The van der Waals surface area contributed by atoms with Crippen molar-refractivity contribution in [2.24, 2.45) is 0 Å². The van der Waals surface area contributed by atoms with Gasteiger partial charge < -0.3 is 9.66 Å². The molecule has 0 spiro atoms. The number of aliphatic hydroxyl groups is 1. The zero-order valence-corrected chi connectivity index (χ0v) is 22.5. The van der Waals surface area contributed by atoms with Crippen molar-refractivity contribution in [2.45, 2.75) is 147 Å². The first kappa shape index (κ1) is 32.1. The standard InChI is InChI=1S/C23H48O4S.Na/c1-3-5-6-7-8-10-13-16-19-22(24)20-17-14-11-9-12-15-18-21-23(4-2)28(25,26)27;/h22-24H,3-21H2,1-2H3,(H,25,26,27);/q;+1/p-1. The third kappa shape index (κ3) is 21.9. The monoisotopic (exact) mass is 442 g/mol. The van der Waals surface area contributed by atoms with Crippen LogP contribution in [-0.2, 0) is 10.1 Å². The quantitative estimate of drug-likeness (QED) is 0.167. The summed E-state index contributed by atoms with van der Waals surface area (Å²) in [6.45, 7) is 4.02. The predicted octanol–water partition coefficient (Wildman–Crippen LogP) is 3.72. The van der Waals surface area contributed by atoms with Crippen LogP contribution >= 0.6 is 0 Å². The van der Waals surface area contributed by atoms with Crippen molar-refractivity contribution in [3.8, 4) is 0 Å². The second-order valence-electron chi connectivity index (χ2n) is 8.49. The fourth-order valence-corrected chi connectivity index (χ4v) is 4.71. The van der Waals surface area contributed by atoms with Crippen LogP contribution in [0, 0.1) is 0 Å². The molecule has 0 aliphatic carbocycles. The summed E-state index contributed by atoms with van der Waals surface area (Å²) < 4.78 is 33.1. The summed E-state index contributed by atoms with van der Waals surface area (Å²) >= 11 is 0. The van der Waals surface area contributed by atoms with Crippen LogP contribution in [0.25, 0.3) is 0 Å². The third-order valence-electron chi connectivity index (χ3n) is 5.82. The zero-order valence-electron chi connectivity index (χ0n) is 19.7. The maximum absolute atomic E-state index is 11.0. The van der Waals surface area contributed by atoms with Gasteiger partial charge in [-0.05, 0) is 25.7 Å². The van der Waals surface area contributed by atoms with Crippen molar-refractivity contribution in [3.05, 3.63) is 0 Å². The molecule has 0 heterocycles. The van der Waals surface area contributed by atoms with Gasteiger partial charge in [-0.3, -0.25) is 0 Å². The molecule has 0 aromatic heterocycles. The average molecular weight is 443 g/mol. The molecule has 6 heteroatoms. The molecule has 0 aromatic rings. The molecule has 29 heavy (non-hydrogen) atoms. The summed E-state index contributed by atoms with van der Waals surface area (Å²) in [6.07, 6.45) is 20.7. The number of hydrogen-bond donors (Lipinski definition) is 1. The Balaban J connectivity index is 0. The molecule has 0 amide bonds. The van der Waals surface area contributed by atoms with E-state index in [4.69, 9.17) is 0 Å². The Morgan fingerprint density at radius 3 is 1.34 bits per heavy atom. The van der Waals surface area contributed by atoms with Crippen molar-refractivity contribution >= 4 is 10.1 Å². The van der Waals surface area contributed by atoms with Crippen LogP contribution in [0.3, 0.4) is 0 Å². The molecule has 0 saturated heterocycles. The van der Waals surface area contributed by atoms with Gasteiger partial charge in [-0.25, -0.2) is 8.42 Å². The van der Waals surface area contributed by atoms with Crippen molar-refractivity contribution in [3.63, 3.8) is 0 Å². The number of rotatable bonds is 21. The largest absolute Gasteiger partial charge is 1.00 e. The molecule has 0 rings (SSSR count). The summed E-state index contributed by atoms with van der Waals surface area (Å²) in [5.41, 5.74) is 0. The number of aliphatic hydroxyl groups excluding tert-OH is 1. The van der Waals surface area contributed by atoms with Crippen molar-refractivity contribution in [1.29, 1.82) is 0 Å². The molecule has 170 valence electrons. The van der Waals surface area contributed by atoms with Gasteiger partial charge in [0.25, 0.3) is 0 Å². The van der Waals surface area contributed by atoms with Crippen LogP contribution < -0.4 is 29.6 Å². The fourth-order valence-electron chi connectivity index (χ4n) is 3.85. The molecule has 0 saturated carbocycles. The van der Waals surface area contributed by atoms with Gasteiger partial charge >= 0.3 is 29.6 Å². The number of hydrogen-bond acceptors (Lipinski definition) is 4. The second kappa shape index (κ2) is 22.1. The van der Waals surface area contributed by atoms with Gasteiger partial charge in [0.05, 0.1) is 16.2 Å². The Labute approximate surface area is 204 Å². The Hall–Kier alpha value is 0.870. The van der Waals surface area contributed by atoms with E-state index in [2.05, 4.69) is 6.92 Å². The minimum atomic E-state index is -4.12. The van der Waals surface area contributed by atoms with Gasteiger partial charge in [0.1, 0.15) is 0 Å². The molecule has 1 N–H and O–H groups in total. The van der Waals surface area contributed by atoms with Gasteiger partial charge in [-0.15, -0.1) is 0 Å². The van der Waals surface area contributed by atoms with Gasteiger partial charge in [0, 0.05) is 5.25 Å².